The minimum absolute atomic E-state index is 0.0797. The van der Waals surface area contributed by atoms with Crippen LogP contribution in [-0.2, 0) is 10.0 Å². The van der Waals surface area contributed by atoms with E-state index in [2.05, 4.69) is 14.6 Å². The lowest BCUT2D eigenvalue weighted by molar-refractivity contribution is 0.601. The van der Waals surface area contributed by atoms with Gasteiger partial charge in [-0.15, -0.1) is 0 Å². The topological polar surface area (TPSA) is 63.4 Å². The molecule has 1 aromatic heterocycles. The average molecular weight is 344 g/mol. The Bertz CT molecular complexity index is 1030. The number of pyridine rings is 1. The van der Waals surface area contributed by atoms with Gasteiger partial charge in [-0.3, -0.25) is 9.71 Å². The number of rotatable bonds is 3. The first-order valence-corrected chi connectivity index (χ1v) is 8.40. The summed E-state index contributed by atoms with van der Waals surface area (Å²) in [5.74, 6) is 0. The molecule has 0 unspecified atom stereocenters. The van der Waals surface area contributed by atoms with Crippen LogP contribution < -0.4 is 4.72 Å². The van der Waals surface area contributed by atoms with Crippen molar-refractivity contribution < 1.29 is 8.42 Å². The van der Waals surface area contributed by atoms with E-state index in [1.165, 1.54) is 30.5 Å². The lowest BCUT2D eigenvalue weighted by atomic mass is 10.2. The smallest absolute Gasteiger partial charge is 0.261 e. The molecule has 0 aliphatic rings. The van der Waals surface area contributed by atoms with E-state index in [1.54, 1.807) is 24.3 Å². The van der Waals surface area contributed by atoms with Crippen molar-refractivity contribution >= 4 is 43.9 Å². The molecule has 3 rings (SSSR count). The van der Waals surface area contributed by atoms with Gasteiger partial charge in [-0.25, -0.2) is 13.3 Å². The van der Waals surface area contributed by atoms with E-state index >= 15 is 0 Å². The van der Waals surface area contributed by atoms with E-state index in [9.17, 15) is 8.42 Å². The molecular weight excluding hydrogens is 334 g/mol. The van der Waals surface area contributed by atoms with Crippen molar-refractivity contribution in [1.29, 1.82) is 0 Å². The fourth-order valence-corrected chi connectivity index (χ4v) is 3.36. The Morgan fingerprint density at radius 2 is 1.87 bits per heavy atom. The van der Waals surface area contributed by atoms with Crippen molar-refractivity contribution in [1.82, 2.24) is 4.98 Å². The van der Waals surface area contributed by atoms with Crippen LogP contribution in [0.1, 0.15) is 0 Å². The van der Waals surface area contributed by atoms with Crippen LogP contribution in [-0.4, -0.2) is 13.4 Å². The summed E-state index contributed by atoms with van der Waals surface area (Å²) in [6.07, 6.45) is 1.42. The summed E-state index contributed by atoms with van der Waals surface area (Å²) in [7, 11) is -3.74. The first kappa shape index (κ1) is 15.3. The second-order valence-electron chi connectivity index (χ2n) is 4.75. The zero-order valence-corrected chi connectivity index (χ0v) is 13.3. The lowest BCUT2D eigenvalue weighted by Crippen LogP contribution is -2.12. The Hall–Kier alpha value is -2.62. The van der Waals surface area contributed by atoms with Crippen molar-refractivity contribution in [2.45, 2.75) is 4.90 Å². The van der Waals surface area contributed by atoms with E-state index in [-0.39, 0.29) is 4.90 Å². The summed E-state index contributed by atoms with van der Waals surface area (Å²) < 4.78 is 27.2. The fraction of sp³-hybridized carbons (Fsp3) is 0. The third-order valence-corrected chi connectivity index (χ3v) is 4.89. The molecule has 0 saturated carbocycles. The minimum atomic E-state index is -3.74. The molecule has 114 valence electrons. The molecule has 1 heterocycles. The van der Waals surface area contributed by atoms with Crippen LogP contribution in [0.15, 0.2) is 59.6 Å². The van der Waals surface area contributed by atoms with Gasteiger partial charge < -0.3 is 0 Å². The highest BCUT2D eigenvalue weighted by atomic mass is 35.5. The van der Waals surface area contributed by atoms with Crippen LogP contribution in [0, 0.1) is 6.57 Å². The quantitative estimate of drug-likeness (QED) is 0.723. The van der Waals surface area contributed by atoms with E-state index < -0.39 is 10.0 Å². The molecule has 0 aliphatic heterocycles. The molecule has 0 aliphatic carbocycles. The van der Waals surface area contributed by atoms with Gasteiger partial charge in [0.15, 0.2) is 5.69 Å². The Morgan fingerprint density at radius 1 is 1.13 bits per heavy atom. The highest BCUT2D eigenvalue weighted by Crippen LogP contribution is 2.25. The van der Waals surface area contributed by atoms with E-state index in [0.29, 0.717) is 21.9 Å². The number of sulfonamides is 1. The van der Waals surface area contributed by atoms with Crippen molar-refractivity contribution in [2.24, 2.45) is 0 Å². The maximum Gasteiger partial charge on any atom is 0.261 e. The highest BCUT2D eigenvalue weighted by Gasteiger charge is 2.14. The molecule has 5 nitrogen and oxygen atoms in total. The molecule has 1 N–H and O–H groups in total. The largest absolute Gasteiger partial charge is 0.278 e. The van der Waals surface area contributed by atoms with Gasteiger partial charge in [0.1, 0.15) is 0 Å². The van der Waals surface area contributed by atoms with Gasteiger partial charge in [-0.1, -0.05) is 48.0 Å². The summed E-state index contributed by atoms with van der Waals surface area (Å²) in [6, 6.07) is 12.7. The van der Waals surface area contributed by atoms with Gasteiger partial charge in [-0.05, 0) is 12.1 Å². The minimum Gasteiger partial charge on any atom is -0.278 e. The molecule has 0 saturated heterocycles. The molecule has 0 bridgehead atoms. The van der Waals surface area contributed by atoms with Gasteiger partial charge in [-0.2, -0.15) is 0 Å². The third kappa shape index (κ3) is 3.11. The second kappa shape index (κ2) is 5.88. The molecule has 7 heteroatoms. The summed E-state index contributed by atoms with van der Waals surface area (Å²) in [5.41, 5.74) is 1.33. The number of nitrogens with zero attached hydrogens (tertiary/aromatic N) is 2. The summed E-state index contributed by atoms with van der Waals surface area (Å²) >= 11 is 6.04. The van der Waals surface area contributed by atoms with Crippen LogP contribution in [0.4, 0.5) is 11.4 Å². The Kier molecular flexibility index (Phi) is 3.90. The predicted octanol–water partition coefficient (Wildman–Crippen LogP) is 4.24. The molecule has 0 spiro atoms. The van der Waals surface area contributed by atoms with Crippen molar-refractivity contribution in [3.63, 3.8) is 0 Å². The predicted molar refractivity (Wildman–Crippen MR) is 90.3 cm³/mol. The van der Waals surface area contributed by atoms with Gasteiger partial charge in [0.2, 0.25) is 0 Å². The number of benzene rings is 2. The lowest BCUT2D eigenvalue weighted by Gasteiger charge is -2.09. The summed E-state index contributed by atoms with van der Waals surface area (Å²) in [6.45, 7) is 6.88. The van der Waals surface area contributed by atoms with Gasteiger partial charge in [0.25, 0.3) is 10.0 Å². The van der Waals surface area contributed by atoms with Gasteiger partial charge >= 0.3 is 0 Å². The molecule has 3 aromatic rings. The highest BCUT2D eigenvalue weighted by molar-refractivity contribution is 7.92. The van der Waals surface area contributed by atoms with Crippen LogP contribution in [0.25, 0.3) is 15.7 Å². The number of fused-ring (bicyclic) bond motifs is 1. The average Bonchev–Trinajstić information content (AvgIpc) is 2.54. The van der Waals surface area contributed by atoms with Crippen LogP contribution >= 0.6 is 11.6 Å². The molecule has 0 fully saturated rings. The summed E-state index contributed by atoms with van der Waals surface area (Å²) in [4.78, 5) is 7.50. The second-order valence-corrected chi connectivity index (χ2v) is 6.84. The molecule has 2 aromatic carbocycles. The number of hydrogen-bond acceptors (Lipinski definition) is 3. The molecule has 23 heavy (non-hydrogen) atoms. The van der Waals surface area contributed by atoms with Crippen molar-refractivity contribution in [2.75, 3.05) is 4.72 Å². The number of nitrogens with one attached hydrogen (secondary N) is 1. The number of aromatic nitrogens is 1. The fourth-order valence-electron chi connectivity index (χ4n) is 2.09. The standard InChI is InChI=1S/C16H10ClN3O2S/c1-18-12-5-7-14(8-6-12)23(21,22)20-13-9-11-3-2-4-15(17)16(11)19-10-13/h2-10,20H. The Balaban J connectivity index is 1.95. The first-order valence-electron chi connectivity index (χ1n) is 6.54. The van der Waals surface area contributed by atoms with E-state index in [0.717, 1.165) is 5.39 Å². The van der Waals surface area contributed by atoms with Crippen molar-refractivity contribution in [3.05, 3.63) is 71.2 Å². The summed E-state index contributed by atoms with van der Waals surface area (Å²) in [5, 5.41) is 1.24. The van der Waals surface area contributed by atoms with Gasteiger partial charge in [0, 0.05) is 5.39 Å². The van der Waals surface area contributed by atoms with Crippen LogP contribution in [0.3, 0.4) is 0 Å². The third-order valence-electron chi connectivity index (χ3n) is 3.19. The molecular formula is C16H10ClN3O2S. The zero-order valence-electron chi connectivity index (χ0n) is 11.7. The van der Waals surface area contributed by atoms with Gasteiger partial charge in [0.05, 0.1) is 33.9 Å². The van der Waals surface area contributed by atoms with Crippen molar-refractivity contribution in [3.8, 4) is 0 Å². The molecule has 0 radical (unpaired) electrons. The maximum atomic E-state index is 12.4. The Labute approximate surface area is 138 Å². The monoisotopic (exact) mass is 343 g/mol. The normalized spacial score (nSPS) is 11.1. The maximum absolute atomic E-state index is 12.4. The number of anilines is 1. The number of para-hydroxylation sites is 1. The van der Waals surface area contributed by atoms with E-state index in [4.69, 9.17) is 18.2 Å². The Morgan fingerprint density at radius 3 is 2.57 bits per heavy atom. The number of halogens is 1. The number of hydrogen-bond donors (Lipinski definition) is 1. The van der Waals surface area contributed by atoms with Crippen LogP contribution in [0.2, 0.25) is 5.02 Å². The van der Waals surface area contributed by atoms with E-state index in [1.807, 2.05) is 0 Å². The first-order chi connectivity index (χ1) is 11.0. The molecule has 0 atom stereocenters. The zero-order chi connectivity index (χ0) is 16.4. The molecule has 0 amide bonds. The van der Waals surface area contributed by atoms with Crippen LogP contribution in [0.5, 0.6) is 0 Å². The SMILES string of the molecule is [C-]#[N+]c1ccc(S(=O)(=O)Nc2cnc3c(Cl)cccc3c2)cc1.